The van der Waals surface area contributed by atoms with Crippen molar-refractivity contribution in [2.45, 2.75) is 33.3 Å². The maximum atomic E-state index is 13.1. The Kier molecular flexibility index (Phi) is 4.94. The predicted molar refractivity (Wildman–Crippen MR) is 91.3 cm³/mol. The van der Waals surface area contributed by atoms with Crippen LogP contribution in [0.3, 0.4) is 0 Å². The van der Waals surface area contributed by atoms with Crippen molar-refractivity contribution < 1.29 is 23.8 Å². The molecule has 0 saturated carbocycles. The average Bonchev–Trinajstić information content (AvgIpc) is 2.73. The molecule has 0 radical (unpaired) electrons. The molecule has 24 heavy (non-hydrogen) atoms. The van der Waals surface area contributed by atoms with Crippen LogP contribution in [0.15, 0.2) is 24.3 Å². The molecular formula is C17H18FNO4S. The van der Waals surface area contributed by atoms with Gasteiger partial charge in [0.1, 0.15) is 22.0 Å². The summed E-state index contributed by atoms with van der Waals surface area (Å²) in [5, 5.41) is 12.2. The number of hydrogen-bond donors (Lipinski definition) is 2. The van der Waals surface area contributed by atoms with Gasteiger partial charge in [-0.25, -0.2) is 14.0 Å². The van der Waals surface area contributed by atoms with E-state index in [-0.39, 0.29) is 10.6 Å². The summed E-state index contributed by atoms with van der Waals surface area (Å²) in [4.78, 5) is 24.3. The second-order valence-electron chi connectivity index (χ2n) is 6.18. The third-order valence-electron chi connectivity index (χ3n) is 3.05. The summed E-state index contributed by atoms with van der Waals surface area (Å²) in [5.74, 6) is -1.58. The van der Waals surface area contributed by atoms with Gasteiger partial charge in [-0.15, -0.1) is 11.3 Å². The molecule has 0 atom stereocenters. The van der Waals surface area contributed by atoms with Crippen LogP contribution >= 0.6 is 11.3 Å². The van der Waals surface area contributed by atoms with E-state index in [2.05, 4.69) is 5.32 Å². The smallest absolute Gasteiger partial charge is 0.412 e. The number of aryl methyl sites for hydroxylation is 1. The fourth-order valence-electron chi connectivity index (χ4n) is 2.20. The van der Waals surface area contributed by atoms with Gasteiger partial charge in [-0.3, -0.25) is 5.32 Å². The summed E-state index contributed by atoms with van der Waals surface area (Å²) in [6.07, 6.45) is -0.725. The summed E-state index contributed by atoms with van der Waals surface area (Å²) >= 11 is 1.14. The third kappa shape index (κ3) is 4.11. The Morgan fingerprint density at radius 2 is 1.79 bits per heavy atom. The lowest BCUT2D eigenvalue weighted by molar-refractivity contribution is 0.0636. The number of rotatable bonds is 3. The molecule has 2 aromatic rings. The first kappa shape index (κ1) is 17.9. The lowest BCUT2D eigenvalue weighted by Crippen LogP contribution is -2.27. The zero-order valence-electron chi connectivity index (χ0n) is 13.8. The SMILES string of the molecule is Cc1sc(NC(=O)OC(C)(C)C)c(C(=O)O)c1-c1ccc(F)cc1. The lowest BCUT2D eigenvalue weighted by atomic mass is 10.0. The Balaban J connectivity index is 2.44. The standard InChI is InChI=1S/C17H18FNO4S/c1-9-12(10-5-7-11(18)8-6-10)13(15(20)21)14(24-9)19-16(22)23-17(2,3)4/h5-8H,1-4H3,(H,19,22)(H,20,21). The number of amides is 1. The first-order valence-electron chi connectivity index (χ1n) is 7.21. The number of ether oxygens (including phenoxy) is 1. The molecule has 0 aliphatic rings. The first-order chi connectivity index (χ1) is 11.1. The van der Waals surface area contributed by atoms with Crippen molar-refractivity contribution in [2.24, 2.45) is 0 Å². The largest absolute Gasteiger partial charge is 0.478 e. The van der Waals surface area contributed by atoms with E-state index < -0.39 is 23.5 Å². The Morgan fingerprint density at radius 3 is 2.29 bits per heavy atom. The van der Waals surface area contributed by atoms with Gasteiger partial charge < -0.3 is 9.84 Å². The van der Waals surface area contributed by atoms with E-state index >= 15 is 0 Å². The van der Waals surface area contributed by atoms with Crippen molar-refractivity contribution in [1.82, 2.24) is 0 Å². The number of carbonyl (C=O) groups is 2. The number of aromatic carboxylic acids is 1. The predicted octanol–water partition coefficient (Wildman–Crippen LogP) is 4.91. The fourth-order valence-corrected chi connectivity index (χ4v) is 3.25. The number of hydrogen-bond acceptors (Lipinski definition) is 4. The number of anilines is 1. The van der Waals surface area contributed by atoms with E-state index in [1.54, 1.807) is 27.7 Å². The molecule has 1 heterocycles. The van der Waals surface area contributed by atoms with Crippen LogP contribution in [0.1, 0.15) is 36.0 Å². The van der Waals surface area contributed by atoms with Crippen LogP contribution in [-0.2, 0) is 4.74 Å². The Labute approximate surface area is 143 Å². The highest BCUT2D eigenvalue weighted by molar-refractivity contribution is 7.17. The van der Waals surface area contributed by atoms with E-state index in [0.717, 1.165) is 11.3 Å². The normalized spacial score (nSPS) is 11.2. The summed E-state index contributed by atoms with van der Waals surface area (Å²) in [6.45, 7) is 6.90. The zero-order valence-corrected chi connectivity index (χ0v) is 14.6. The molecule has 0 bridgehead atoms. The summed E-state index contributed by atoms with van der Waals surface area (Å²) in [7, 11) is 0. The van der Waals surface area contributed by atoms with Crippen LogP contribution in [0.2, 0.25) is 0 Å². The second kappa shape index (κ2) is 6.60. The van der Waals surface area contributed by atoms with Crippen molar-refractivity contribution in [1.29, 1.82) is 0 Å². The Hall–Kier alpha value is -2.41. The van der Waals surface area contributed by atoms with Crippen LogP contribution in [0.25, 0.3) is 11.1 Å². The number of nitrogens with one attached hydrogen (secondary N) is 1. The first-order valence-corrected chi connectivity index (χ1v) is 8.03. The monoisotopic (exact) mass is 351 g/mol. The van der Waals surface area contributed by atoms with E-state index in [9.17, 15) is 19.1 Å². The number of carbonyl (C=O) groups excluding carboxylic acids is 1. The maximum Gasteiger partial charge on any atom is 0.412 e. The van der Waals surface area contributed by atoms with Gasteiger partial charge in [0.15, 0.2) is 0 Å². The molecule has 128 valence electrons. The van der Waals surface area contributed by atoms with Crippen LogP contribution in [0, 0.1) is 12.7 Å². The number of carboxylic acid groups (broad SMARTS) is 1. The molecule has 0 saturated heterocycles. The lowest BCUT2D eigenvalue weighted by Gasteiger charge is -2.19. The highest BCUT2D eigenvalue weighted by Gasteiger charge is 2.25. The van der Waals surface area contributed by atoms with Gasteiger partial charge in [-0.1, -0.05) is 12.1 Å². The van der Waals surface area contributed by atoms with Gasteiger partial charge in [0.2, 0.25) is 0 Å². The highest BCUT2D eigenvalue weighted by Crippen LogP contribution is 2.40. The third-order valence-corrected chi connectivity index (χ3v) is 4.07. The minimum Gasteiger partial charge on any atom is -0.478 e. The summed E-state index contributed by atoms with van der Waals surface area (Å²) in [5.41, 5.74) is 0.299. The van der Waals surface area contributed by atoms with Gasteiger partial charge in [0, 0.05) is 10.4 Å². The number of halogens is 1. The fraction of sp³-hybridized carbons (Fsp3) is 0.294. The van der Waals surface area contributed by atoms with E-state index in [4.69, 9.17) is 4.74 Å². The van der Waals surface area contributed by atoms with Crippen LogP contribution < -0.4 is 5.32 Å². The van der Waals surface area contributed by atoms with Gasteiger partial charge in [-0.05, 0) is 45.4 Å². The molecule has 0 unspecified atom stereocenters. The molecule has 0 aliphatic heterocycles. The second-order valence-corrected chi connectivity index (χ2v) is 7.40. The minimum atomic E-state index is -1.18. The summed E-state index contributed by atoms with van der Waals surface area (Å²) < 4.78 is 18.3. The van der Waals surface area contributed by atoms with Crippen molar-refractivity contribution in [3.63, 3.8) is 0 Å². The quantitative estimate of drug-likeness (QED) is 0.824. The van der Waals surface area contributed by atoms with Crippen molar-refractivity contribution in [3.05, 3.63) is 40.5 Å². The molecule has 0 aliphatic carbocycles. The van der Waals surface area contributed by atoms with Gasteiger partial charge in [0.25, 0.3) is 0 Å². The zero-order chi connectivity index (χ0) is 18.1. The van der Waals surface area contributed by atoms with Gasteiger partial charge in [-0.2, -0.15) is 0 Å². The maximum absolute atomic E-state index is 13.1. The molecule has 1 amide bonds. The Bertz CT molecular complexity index is 775. The highest BCUT2D eigenvalue weighted by atomic mass is 32.1. The molecule has 0 fully saturated rings. The Morgan fingerprint density at radius 1 is 1.21 bits per heavy atom. The molecule has 5 nitrogen and oxygen atoms in total. The van der Waals surface area contributed by atoms with E-state index in [1.165, 1.54) is 24.3 Å². The number of carboxylic acids is 1. The molecule has 2 N–H and O–H groups in total. The molecule has 2 rings (SSSR count). The molecule has 1 aromatic carbocycles. The summed E-state index contributed by atoms with van der Waals surface area (Å²) in [6, 6.07) is 5.54. The molecular weight excluding hydrogens is 333 g/mol. The van der Waals surface area contributed by atoms with Crippen molar-refractivity contribution in [2.75, 3.05) is 5.32 Å². The number of thiophene rings is 1. The molecule has 0 spiro atoms. The van der Waals surface area contributed by atoms with Crippen LogP contribution in [0.4, 0.5) is 14.2 Å². The topological polar surface area (TPSA) is 75.6 Å². The average molecular weight is 351 g/mol. The van der Waals surface area contributed by atoms with Crippen molar-refractivity contribution >= 4 is 28.4 Å². The van der Waals surface area contributed by atoms with Crippen LogP contribution in [-0.4, -0.2) is 22.8 Å². The van der Waals surface area contributed by atoms with E-state index in [0.29, 0.717) is 16.0 Å². The van der Waals surface area contributed by atoms with Gasteiger partial charge >= 0.3 is 12.1 Å². The number of benzene rings is 1. The van der Waals surface area contributed by atoms with E-state index in [1.807, 2.05) is 0 Å². The molecule has 1 aromatic heterocycles. The molecule has 7 heteroatoms. The minimum absolute atomic E-state index is 0.0324. The van der Waals surface area contributed by atoms with Crippen molar-refractivity contribution in [3.8, 4) is 11.1 Å². The van der Waals surface area contributed by atoms with Gasteiger partial charge in [0.05, 0.1) is 0 Å². The van der Waals surface area contributed by atoms with Crippen LogP contribution in [0.5, 0.6) is 0 Å².